The Morgan fingerprint density at radius 1 is 1.20 bits per heavy atom. The van der Waals surface area contributed by atoms with Gasteiger partial charge in [0.2, 0.25) is 5.91 Å². The van der Waals surface area contributed by atoms with Gasteiger partial charge in [0.25, 0.3) is 0 Å². The molecule has 2 heterocycles. The second-order valence-electron chi connectivity index (χ2n) is 6.19. The Bertz CT molecular complexity index is 851. The van der Waals surface area contributed by atoms with Crippen molar-refractivity contribution in [3.63, 3.8) is 0 Å². The smallest absolute Gasteiger partial charge is 0.222 e. The van der Waals surface area contributed by atoms with Crippen LogP contribution in [0.25, 0.3) is 5.69 Å². The molecule has 0 aliphatic carbocycles. The minimum atomic E-state index is -0.0945. The third-order valence-corrected chi connectivity index (χ3v) is 4.36. The minimum absolute atomic E-state index is 0.00559. The Morgan fingerprint density at radius 2 is 2.00 bits per heavy atom. The lowest BCUT2D eigenvalue weighted by Crippen LogP contribution is -2.27. The quantitative estimate of drug-likeness (QED) is 0.752. The van der Waals surface area contributed by atoms with Crippen LogP contribution in [-0.4, -0.2) is 25.5 Å². The van der Waals surface area contributed by atoms with Crippen LogP contribution < -0.4 is 5.32 Å². The summed E-state index contributed by atoms with van der Waals surface area (Å²) >= 11 is 0. The molecule has 0 fully saturated rings. The summed E-state index contributed by atoms with van der Waals surface area (Å²) in [6.07, 6.45) is 5.80. The molecule has 6 nitrogen and oxygen atoms in total. The summed E-state index contributed by atoms with van der Waals surface area (Å²) < 4.78 is 3.68. The first kappa shape index (κ1) is 17.0. The molecule has 0 saturated carbocycles. The highest BCUT2D eigenvalue weighted by molar-refractivity contribution is 5.76. The fourth-order valence-electron chi connectivity index (χ4n) is 2.93. The first-order valence-corrected chi connectivity index (χ1v) is 8.43. The molecule has 0 bridgehead atoms. The van der Waals surface area contributed by atoms with Gasteiger partial charge in [-0.3, -0.25) is 9.48 Å². The zero-order valence-corrected chi connectivity index (χ0v) is 14.8. The number of nitrogens with one attached hydrogen (secondary N) is 1. The number of aryl methyl sites for hydroxylation is 2. The van der Waals surface area contributed by atoms with E-state index < -0.39 is 0 Å². The van der Waals surface area contributed by atoms with E-state index in [-0.39, 0.29) is 11.9 Å². The zero-order valence-electron chi connectivity index (χ0n) is 14.8. The molecule has 1 aromatic carbocycles. The van der Waals surface area contributed by atoms with Crippen LogP contribution in [0.4, 0.5) is 0 Å². The van der Waals surface area contributed by atoms with Crippen molar-refractivity contribution in [1.82, 2.24) is 24.9 Å². The minimum Gasteiger partial charge on any atom is -0.349 e. The van der Waals surface area contributed by atoms with Crippen molar-refractivity contribution < 1.29 is 4.79 Å². The number of rotatable bonds is 6. The molecular weight excluding hydrogens is 314 g/mol. The van der Waals surface area contributed by atoms with E-state index in [4.69, 9.17) is 0 Å². The number of carbonyl (C=O) groups is 1. The lowest BCUT2D eigenvalue weighted by atomic mass is 10.1. The average molecular weight is 337 g/mol. The van der Waals surface area contributed by atoms with E-state index >= 15 is 0 Å². The Morgan fingerprint density at radius 3 is 2.72 bits per heavy atom. The number of carbonyl (C=O) groups excluding carboxylic acids is 1. The summed E-state index contributed by atoms with van der Waals surface area (Å²) in [4.78, 5) is 12.2. The maximum atomic E-state index is 12.2. The van der Waals surface area contributed by atoms with E-state index in [1.165, 1.54) is 0 Å². The van der Waals surface area contributed by atoms with Crippen LogP contribution in [-0.2, 0) is 11.3 Å². The fraction of sp³-hybridized carbons (Fsp3) is 0.316. The number of hydrogen-bond acceptors (Lipinski definition) is 3. The van der Waals surface area contributed by atoms with Crippen molar-refractivity contribution in [2.75, 3.05) is 0 Å². The lowest BCUT2D eigenvalue weighted by molar-refractivity contribution is -0.122. The molecule has 6 heteroatoms. The molecule has 0 saturated heterocycles. The molecule has 0 aliphatic heterocycles. The number of para-hydroxylation sites is 1. The number of hydrogen-bond donors (Lipinski definition) is 1. The lowest BCUT2D eigenvalue weighted by Gasteiger charge is -2.15. The van der Waals surface area contributed by atoms with Gasteiger partial charge in [-0.25, -0.2) is 4.68 Å². The number of amides is 1. The normalized spacial score (nSPS) is 12.1. The molecule has 3 aromatic rings. The summed E-state index contributed by atoms with van der Waals surface area (Å²) in [7, 11) is 0. The highest BCUT2D eigenvalue weighted by atomic mass is 16.1. The molecule has 1 N–H and O–H groups in total. The van der Waals surface area contributed by atoms with Gasteiger partial charge >= 0.3 is 0 Å². The molecule has 2 aromatic heterocycles. The zero-order chi connectivity index (χ0) is 17.8. The maximum absolute atomic E-state index is 12.2. The van der Waals surface area contributed by atoms with Crippen LogP contribution in [0.5, 0.6) is 0 Å². The van der Waals surface area contributed by atoms with Crippen LogP contribution in [0, 0.1) is 13.8 Å². The van der Waals surface area contributed by atoms with E-state index in [1.54, 1.807) is 10.9 Å². The summed E-state index contributed by atoms with van der Waals surface area (Å²) in [5, 5.41) is 11.7. The highest BCUT2D eigenvalue weighted by Gasteiger charge is 2.16. The third-order valence-electron chi connectivity index (χ3n) is 4.36. The molecule has 0 spiro atoms. The van der Waals surface area contributed by atoms with Crippen molar-refractivity contribution in [1.29, 1.82) is 0 Å². The molecule has 25 heavy (non-hydrogen) atoms. The Hall–Kier alpha value is -2.89. The number of aromatic nitrogens is 4. The average Bonchev–Trinajstić information content (AvgIpc) is 3.23. The van der Waals surface area contributed by atoms with Crippen molar-refractivity contribution in [3.05, 3.63) is 65.7 Å². The molecular formula is C19H23N5O. The largest absolute Gasteiger partial charge is 0.349 e. The third kappa shape index (κ3) is 3.79. The van der Waals surface area contributed by atoms with Gasteiger partial charge in [0.15, 0.2) is 0 Å². The first-order valence-electron chi connectivity index (χ1n) is 8.43. The van der Waals surface area contributed by atoms with E-state index in [9.17, 15) is 4.79 Å². The van der Waals surface area contributed by atoms with Gasteiger partial charge in [-0.05, 0) is 38.5 Å². The molecule has 1 atom stereocenters. The highest BCUT2D eigenvalue weighted by Crippen LogP contribution is 2.21. The van der Waals surface area contributed by atoms with E-state index in [1.807, 2.05) is 55.2 Å². The predicted molar refractivity (Wildman–Crippen MR) is 96.4 cm³/mol. The van der Waals surface area contributed by atoms with Crippen LogP contribution in [0.15, 0.2) is 48.9 Å². The SMILES string of the molecule is Cc1ccccc1-n1ncc(C(C)NC(=O)CCn2cccn2)c1C. The Balaban J connectivity index is 1.67. The standard InChI is InChI=1S/C19H23N5O/c1-14-7-4-5-8-18(14)24-16(3)17(13-21-24)15(2)22-19(25)9-12-23-11-6-10-20-23/h4-8,10-11,13,15H,9,12H2,1-3H3,(H,22,25). The Kier molecular flexibility index (Phi) is 4.97. The van der Waals surface area contributed by atoms with Gasteiger partial charge in [-0.15, -0.1) is 0 Å². The van der Waals surface area contributed by atoms with Gasteiger partial charge < -0.3 is 5.32 Å². The summed E-state index contributed by atoms with van der Waals surface area (Å²) in [5.41, 5.74) is 4.28. The van der Waals surface area contributed by atoms with E-state index in [0.29, 0.717) is 13.0 Å². The maximum Gasteiger partial charge on any atom is 0.222 e. The van der Waals surface area contributed by atoms with Crippen molar-refractivity contribution in [2.24, 2.45) is 0 Å². The van der Waals surface area contributed by atoms with Gasteiger partial charge in [-0.2, -0.15) is 10.2 Å². The van der Waals surface area contributed by atoms with Crippen molar-refractivity contribution in [2.45, 2.75) is 39.8 Å². The first-order chi connectivity index (χ1) is 12.1. The fourth-order valence-corrected chi connectivity index (χ4v) is 2.93. The summed E-state index contributed by atoms with van der Waals surface area (Å²) in [6.45, 7) is 6.66. The van der Waals surface area contributed by atoms with Gasteiger partial charge in [0.05, 0.1) is 17.9 Å². The molecule has 3 rings (SSSR count). The van der Waals surface area contributed by atoms with Crippen LogP contribution >= 0.6 is 0 Å². The number of nitrogens with zero attached hydrogens (tertiary/aromatic N) is 4. The molecule has 0 radical (unpaired) electrons. The van der Waals surface area contributed by atoms with Crippen LogP contribution in [0.2, 0.25) is 0 Å². The molecule has 130 valence electrons. The van der Waals surface area contributed by atoms with E-state index in [2.05, 4.69) is 28.5 Å². The monoisotopic (exact) mass is 337 g/mol. The van der Waals surface area contributed by atoms with E-state index in [0.717, 1.165) is 22.5 Å². The van der Waals surface area contributed by atoms with Crippen LogP contribution in [0.1, 0.15) is 36.2 Å². The topological polar surface area (TPSA) is 64.7 Å². The van der Waals surface area contributed by atoms with Gasteiger partial charge in [-0.1, -0.05) is 18.2 Å². The number of benzene rings is 1. The second-order valence-corrected chi connectivity index (χ2v) is 6.19. The van der Waals surface area contributed by atoms with Crippen molar-refractivity contribution >= 4 is 5.91 Å². The van der Waals surface area contributed by atoms with Crippen LogP contribution in [0.3, 0.4) is 0 Å². The molecule has 1 unspecified atom stereocenters. The second kappa shape index (κ2) is 7.34. The van der Waals surface area contributed by atoms with Gasteiger partial charge in [0, 0.05) is 36.6 Å². The van der Waals surface area contributed by atoms with Gasteiger partial charge in [0.1, 0.15) is 0 Å². The molecule has 0 aliphatic rings. The van der Waals surface area contributed by atoms with Crippen molar-refractivity contribution in [3.8, 4) is 5.69 Å². The summed E-state index contributed by atoms with van der Waals surface area (Å²) in [5.74, 6) is 0.00559. The Labute approximate surface area is 147 Å². The summed E-state index contributed by atoms with van der Waals surface area (Å²) in [6, 6.07) is 9.89. The molecule has 1 amide bonds. The predicted octanol–water partition coefficient (Wildman–Crippen LogP) is 2.95.